The third-order valence-electron chi connectivity index (χ3n) is 5.69. The molecular weight excluding hydrogens is 288 g/mol. The van der Waals surface area contributed by atoms with Crippen LogP contribution in [0.3, 0.4) is 0 Å². The van der Waals surface area contributed by atoms with Gasteiger partial charge in [-0.2, -0.15) is 0 Å². The van der Waals surface area contributed by atoms with Gasteiger partial charge in [0.15, 0.2) is 0 Å². The molecule has 1 aliphatic carbocycles. The molecule has 0 heterocycles. The van der Waals surface area contributed by atoms with Gasteiger partial charge in [0.05, 0.1) is 0 Å². The van der Waals surface area contributed by atoms with Crippen LogP contribution in [-0.4, -0.2) is 0 Å². The fourth-order valence-corrected chi connectivity index (χ4v) is 3.67. The fraction of sp³-hybridized carbons (Fsp3) is 0.583. The molecule has 1 atom stereocenters. The zero-order chi connectivity index (χ0) is 18.4. The van der Waals surface area contributed by atoms with Crippen LogP contribution in [-0.2, 0) is 10.8 Å². The van der Waals surface area contributed by atoms with Gasteiger partial charge in [-0.25, -0.2) is 0 Å². The average molecular weight is 325 g/mol. The van der Waals surface area contributed by atoms with Crippen molar-refractivity contribution in [3.8, 4) is 0 Å². The molecule has 0 N–H and O–H groups in total. The smallest absolute Gasteiger partial charge is 0.0221 e. The van der Waals surface area contributed by atoms with Crippen LogP contribution in [0, 0.1) is 10.8 Å². The molecule has 132 valence electrons. The van der Waals surface area contributed by atoms with E-state index in [0.29, 0.717) is 0 Å². The Hall–Kier alpha value is -1.30. The molecule has 0 nitrogen and oxygen atoms in total. The summed E-state index contributed by atoms with van der Waals surface area (Å²) in [5, 5.41) is 0. The SMILES string of the molecule is CC(C)(C)C1=CC=CC(c2cccc(C(C)(C)C)c2)(C(C)(C)C)C1. The zero-order valence-electron chi connectivity index (χ0n) is 17.2. The lowest BCUT2D eigenvalue weighted by Gasteiger charge is -2.47. The number of benzene rings is 1. The highest BCUT2D eigenvalue weighted by Gasteiger charge is 2.44. The van der Waals surface area contributed by atoms with Gasteiger partial charge < -0.3 is 0 Å². The second-order valence-corrected chi connectivity index (χ2v) is 10.5. The lowest BCUT2D eigenvalue weighted by molar-refractivity contribution is 0.221. The molecule has 0 spiro atoms. The van der Waals surface area contributed by atoms with E-state index in [1.165, 1.54) is 11.1 Å². The molecule has 0 aromatic heterocycles. The molecule has 0 saturated carbocycles. The molecule has 0 heteroatoms. The average Bonchev–Trinajstić information content (AvgIpc) is 2.44. The predicted octanol–water partition coefficient (Wildman–Crippen LogP) is 7.20. The van der Waals surface area contributed by atoms with Crippen molar-refractivity contribution in [2.75, 3.05) is 0 Å². The molecule has 24 heavy (non-hydrogen) atoms. The fourth-order valence-electron chi connectivity index (χ4n) is 3.67. The van der Waals surface area contributed by atoms with E-state index in [-0.39, 0.29) is 21.7 Å². The molecule has 0 fully saturated rings. The monoisotopic (exact) mass is 324 g/mol. The van der Waals surface area contributed by atoms with Crippen LogP contribution >= 0.6 is 0 Å². The standard InChI is InChI=1S/C24H36/c1-21(2,3)18-12-10-13-19(16-18)24(23(7,8)9)15-11-14-20(17-24)22(4,5)6/h10-16H,17H2,1-9H3. The first-order valence-electron chi connectivity index (χ1n) is 9.27. The van der Waals surface area contributed by atoms with Crippen molar-refractivity contribution >= 4 is 0 Å². The maximum Gasteiger partial charge on any atom is 0.0221 e. The van der Waals surface area contributed by atoms with Crippen molar-refractivity contribution in [3.05, 3.63) is 59.2 Å². The molecule has 2 rings (SSSR count). The quantitative estimate of drug-likeness (QED) is 0.512. The Balaban J connectivity index is 2.61. The van der Waals surface area contributed by atoms with Crippen molar-refractivity contribution in [1.29, 1.82) is 0 Å². The van der Waals surface area contributed by atoms with Crippen LogP contribution in [0.4, 0.5) is 0 Å². The van der Waals surface area contributed by atoms with Gasteiger partial charge >= 0.3 is 0 Å². The second-order valence-electron chi connectivity index (χ2n) is 10.5. The predicted molar refractivity (Wildman–Crippen MR) is 108 cm³/mol. The van der Waals surface area contributed by atoms with Crippen molar-refractivity contribution in [2.24, 2.45) is 10.8 Å². The molecular formula is C24H36. The summed E-state index contributed by atoms with van der Waals surface area (Å²) in [4.78, 5) is 0. The lowest BCUT2D eigenvalue weighted by atomic mass is 9.56. The highest BCUT2D eigenvalue weighted by Crippen LogP contribution is 2.51. The van der Waals surface area contributed by atoms with Gasteiger partial charge in [-0.1, -0.05) is 110 Å². The number of rotatable bonds is 1. The Morgan fingerprint density at radius 3 is 1.96 bits per heavy atom. The normalized spacial score (nSPS) is 22.5. The Morgan fingerprint density at radius 1 is 0.833 bits per heavy atom. The minimum Gasteiger partial charge on any atom is -0.0731 e. The van der Waals surface area contributed by atoms with Crippen LogP contribution < -0.4 is 0 Å². The first kappa shape index (κ1) is 19.0. The molecule has 1 unspecified atom stereocenters. The van der Waals surface area contributed by atoms with E-state index < -0.39 is 0 Å². The Bertz CT molecular complexity index is 651. The first-order valence-corrected chi connectivity index (χ1v) is 9.27. The van der Waals surface area contributed by atoms with Gasteiger partial charge in [-0.15, -0.1) is 0 Å². The van der Waals surface area contributed by atoms with Crippen LogP contribution in [0.15, 0.2) is 48.1 Å². The highest BCUT2D eigenvalue weighted by atomic mass is 14.5. The van der Waals surface area contributed by atoms with E-state index in [9.17, 15) is 0 Å². The third-order valence-corrected chi connectivity index (χ3v) is 5.69. The van der Waals surface area contributed by atoms with Gasteiger partial charge in [0, 0.05) is 5.41 Å². The second kappa shape index (κ2) is 5.90. The maximum atomic E-state index is 2.45. The van der Waals surface area contributed by atoms with Crippen molar-refractivity contribution in [3.63, 3.8) is 0 Å². The largest absolute Gasteiger partial charge is 0.0731 e. The molecule has 0 radical (unpaired) electrons. The molecule has 0 bridgehead atoms. The minimum absolute atomic E-state index is 0.0472. The molecule has 1 aromatic rings. The van der Waals surface area contributed by atoms with E-state index in [1.807, 2.05) is 0 Å². The van der Waals surface area contributed by atoms with Crippen molar-refractivity contribution in [1.82, 2.24) is 0 Å². The number of hydrogen-bond acceptors (Lipinski definition) is 0. The van der Waals surface area contributed by atoms with E-state index >= 15 is 0 Å². The van der Waals surface area contributed by atoms with Gasteiger partial charge in [-0.3, -0.25) is 0 Å². The summed E-state index contributed by atoms with van der Waals surface area (Å²) < 4.78 is 0. The Morgan fingerprint density at radius 2 is 1.46 bits per heavy atom. The molecule has 0 amide bonds. The lowest BCUT2D eigenvalue weighted by Crippen LogP contribution is -2.41. The number of allylic oxidation sites excluding steroid dienone is 4. The van der Waals surface area contributed by atoms with Crippen molar-refractivity contribution < 1.29 is 0 Å². The highest BCUT2D eigenvalue weighted by molar-refractivity contribution is 5.44. The third kappa shape index (κ3) is 3.53. The molecule has 0 aliphatic heterocycles. The summed E-state index contributed by atoms with van der Waals surface area (Å²) >= 11 is 0. The summed E-state index contributed by atoms with van der Waals surface area (Å²) in [6.45, 7) is 21.0. The van der Waals surface area contributed by atoms with Gasteiger partial charge in [0.1, 0.15) is 0 Å². The Labute approximate surface area is 150 Å². The van der Waals surface area contributed by atoms with Gasteiger partial charge in [0.25, 0.3) is 0 Å². The zero-order valence-corrected chi connectivity index (χ0v) is 17.2. The summed E-state index contributed by atoms with van der Waals surface area (Å²) in [7, 11) is 0. The molecule has 0 saturated heterocycles. The van der Waals surface area contributed by atoms with Gasteiger partial charge in [0.2, 0.25) is 0 Å². The maximum absolute atomic E-state index is 2.45. The number of hydrogen-bond donors (Lipinski definition) is 0. The first-order chi connectivity index (χ1) is 10.8. The van der Waals surface area contributed by atoms with E-state index in [1.54, 1.807) is 5.57 Å². The molecule has 1 aromatic carbocycles. The summed E-state index contributed by atoms with van der Waals surface area (Å²) in [5.41, 5.74) is 5.01. The summed E-state index contributed by atoms with van der Waals surface area (Å²) in [6.07, 6.45) is 8.17. The minimum atomic E-state index is 0.0472. The summed E-state index contributed by atoms with van der Waals surface area (Å²) in [5.74, 6) is 0. The van der Waals surface area contributed by atoms with E-state index in [0.717, 1.165) is 6.42 Å². The summed E-state index contributed by atoms with van der Waals surface area (Å²) in [6, 6.07) is 9.29. The van der Waals surface area contributed by atoms with Crippen LogP contribution in [0.25, 0.3) is 0 Å². The van der Waals surface area contributed by atoms with Crippen LogP contribution in [0.2, 0.25) is 0 Å². The van der Waals surface area contributed by atoms with Crippen LogP contribution in [0.5, 0.6) is 0 Å². The Kier molecular flexibility index (Phi) is 4.68. The van der Waals surface area contributed by atoms with E-state index in [4.69, 9.17) is 0 Å². The topological polar surface area (TPSA) is 0 Å². The van der Waals surface area contributed by atoms with Crippen molar-refractivity contribution in [2.45, 2.75) is 79.6 Å². The van der Waals surface area contributed by atoms with Crippen LogP contribution in [0.1, 0.15) is 79.9 Å². The van der Waals surface area contributed by atoms with E-state index in [2.05, 4.69) is 105 Å². The molecule has 1 aliphatic rings. The van der Waals surface area contributed by atoms with Gasteiger partial charge in [-0.05, 0) is 33.8 Å².